The highest BCUT2D eigenvalue weighted by atomic mass is 16.6. The fraction of sp³-hybridized carbons (Fsp3) is 0.541. The van der Waals surface area contributed by atoms with Crippen LogP contribution >= 0.6 is 0 Å². The van der Waals surface area contributed by atoms with E-state index in [2.05, 4.69) is 0 Å². The second kappa shape index (κ2) is 13.9. The molecule has 2 amide bonds. The van der Waals surface area contributed by atoms with E-state index in [1.54, 1.807) is 12.0 Å². The molecular formula is C37H48N2O7. The monoisotopic (exact) mass is 632 g/mol. The van der Waals surface area contributed by atoms with E-state index in [4.69, 9.17) is 14.2 Å². The van der Waals surface area contributed by atoms with Gasteiger partial charge in [-0.15, -0.1) is 0 Å². The summed E-state index contributed by atoms with van der Waals surface area (Å²) in [5.74, 6) is -0.120. The predicted molar refractivity (Wildman–Crippen MR) is 175 cm³/mol. The van der Waals surface area contributed by atoms with Gasteiger partial charge < -0.3 is 24.2 Å². The topological polar surface area (TPSA) is 106 Å². The maximum absolute atomic E-state index is 15.1. The summed E-state index contributed by atoms with van der Waals surface area (Å²) in [5.41, 5.74) is 4.75. The van der Waals surface area contributed by atoms with Crippen LogP contribution in [0.2, 0.25) is 0 Å². The summed E-state index contributed by atoms with van der Waals surface area (Å²) < 4.78 is 16.7. The lowest BCUT2D eigenvalue weighted by Gasteiger charge is -2.49. The van der Waals surface area contributed by atoms with E-state index in [0.717, 1.165) is 52.8 Å². The van der Waals surface area contributed by atoms with Gasteiger partial charge >= 0.3 is 12.1 Å². The Labute approximate surface area is 272 Å². The molecular weight excluding hydrogens is 584 g/mol. The third-order valence-corrected chi connectivity index (χ3v) is 9.39. The largest absolute Gasteiger partial charge is 0.496 e. The number of hydrogen-bond donors (Lipinski definition) is 1. The second-order valence-corrected chi connectivity index (χ2v) is 13.8. The average molecular weight is 633 g/mol. The summed E-state index contributed by atoms with van der Waals surface area (Å²) in [5, 5.41) is 9.31. The van der Waals surface area contributed by atoms with Crippen LogP contribution in [0.4, 0.5) is 4.79 Å². The molecule has 2 aromatic rings. The Bertz CT molecular complexity index is 1470. The van der Waals surface area contributed by atoms with E-state index >= 15 is 4.79 Å². The number of methoxy groups -OCH3 is 2. The highest BCUT2D eigenvalue weighted by Gasteiger charge is 2.51. The maximum Gasteiger partial charge on any atom is 0.411 e. The van der Waals surface area contributed by atoms with Gasteiger partial charge in [-0.3, -0.25) is 14.5 Å². The second-order valence-electron chi connectivity index (χ2n) is 13.8. The molecule has 0 radical (unpaired) electrons. The number of aliphatic hydroxyl groups is 1. The van der Waals surface area contributed by atoms with Crippen molar-refractivity contribution in [3.05, 3.63) is 70.3 Å². The molecule has 2 fully saturated rings. The summed E-state index contributed by atoms with van der Waals surface area (Å²) in [7, 11) is 3.03. The Hall–Kier alpha value is -3.85. The van der Waals surface area contributed by atoms with Crippen molar-refractivity contribution < 1.29 is 33.7 Å². The molecule has 46 heavy (non-hydrogen) atoms. The minimum atomic E-state index is -0.727. The van der Waals surface area contributed by atoms with Crippen LogP contribution < -0.4 is 4.74 Å². The fourth-order valence-corrected chi connectivity index (χ4v) is 6.96. The van der Waals surface area contributed by atoms with E-state index in [1.807, 2.05) is 75.1 Å². The van der Waals surface area contributed by atoms with Crippen LogP contribution in [-0.2, 0) is 32.0 Å². The van der Waals surface area contributed by atoms with Crippen LogP contribution in [-0.4, -0.2) is 77.4 Å². The van der Waals surface area contributed by atoms with Crippen molar-refractivity contribution >= 4 is 23.5 Å². The quantitative estimate of drug-likeness (QED) is 0.329. The van der Waals surface area contributed by atoms with E-state index in [-0.39, 0.29) is 37.0 Å². The summed E-state index contributed by atoms with van der Waals surface area (Å²) in [6.07, 6.45) is 3.89. The van der Waals surface area contributed by atoms with Crippen molar-refractivity contribution in [3.8, 4) is 5.75 Å². The maximum atomic E-state index is 15.1. The smallest absolute Gasteiger partial charge is 0.411 e. The average Bonchev–Trinajstić information content (AvgIpc) is 3.86. The zero-order chi connectivity index (χ0) is 33.2. The van der Waals surface area contributed by atoms with Crippen LogP contribution in [0, 0.1) is 12.8 Å². The lowest BCUT2D eigenvalue weighted by atomic mass is 9.73. The van der Waals surface area contributed by atoms with Gasteiger partial charge in [-0.25, -0.2) is 4.79 Å². The van der Waals surface area contributed by atoms with Gasteiger partial charge in [-0.05, 0) is 107 Å². The number of aryl methyl sites for hydroxylation is 1. The summed E-state index contributed by atoms with van der Waals surface area (Å²) in [6.45, 7) is 8.04. The van der Waals surface area contributed by atoms with E-state index in [1.165, 1.54) is 7.11 Å². The molecule has 1 N–H and O–H groups in total. The molecule has 0 aromatic heterocycles. The van der Waals surface area contributed by atoms with Gasteiger partial charge in [0.15, 0.2) is 0 Å². The lowest BCUT2D eigenvalue weighted by Crippen LogP contribution is -2.59. The molecule has 3 aliphatic rings. The van der Waals surface area contributed by atoms with E-state index < -0.39 is 23.7 Å². The molecule has 3 unspecified atom stereocenters. The Morgan fingerprint density at radius 3 is 2.35 bits per heavy atom. The molecule has 2 aliphatic heterocycles. The molecule has 3 atom stereocenters. The standard InChI is InChI=1S/C37H48N2O7/c1-23-26(10-7-11-32(23)44-5)22-38(28-16-17-28)34(41)33-30(25-14-12-24(13-15-25)9-8-18-40)21-29-19-27(35(42)45-6)20-31(33)39(29)36(43)46-37(2,3)4/h7,10-15,27-29,31,40H,8-9,16-22H2,1-6H3. The third kappa shape index (κ3) is 7.25. The van der Waals surface area contributed by atoms with Crippen molar-refractivity contribution in [3.63, 3.8) is 0 Å². The van der Waals surface area contributed by atoms with Crippen molar-refractivity contribution in [1.82, 2.24) is 9.80 Å². The molecule has 0 spiro atoms. The first-order valence-electron chi connectivity index (χ1n) is 16.4. The van der Waals surface area contributed by atoms with Crippen LogP contribution in [0.5, 0.6) is 5.75 Å². The normalized spacial score (nSPS) is 21.1. The number of esters is 1. The van der Waals surface area contributed by atoms with Crippen molar-refractivity contribution in [2.45, 2.75) is 103 Å². The molecule has 5 rings (SSSR count). The number of rotatable bonds is 10. The number of nitrogens with zero attached hydrogens (tertiary/aromatic N) is 2. The summed E-state index contributed by atoms with van der Waals surface area (Å²) in [4.78, 5) is 45.5. The highest BCUT2D eigenvalue weighted by Crippen LogP contribution is 2.46. The Morgan fingerprint density at radius 1 is 1.02 bits per heavy atom. The minimum Gasteiger partial charge on any atom is -0.496 e. The van der Waals surface area contributed by atoms with Crippen LogP contribution in [0.1, 0.15) is 81.5 Å². The number of hydrogen-bond acceptors (Lipinski definition) is 7. The number of fused-ring (bicyclic) bond motifs is 2. The van der Waals surface area contributed by atoms with Crippen molar-refractivity contribution in [1.29, 1.82) is 0 Å². The van der Waals surface area contributed by atoms with Crippen LogP contribution in [0.15, 0.2) is 48.0 Å². The third-order valence-electron chi connectivity index (χ3n) is 9.39. The zero-order valence-corrected chi connectivity index (χ0v) is 28.0. The first kappa shape index (κ1) is 33.5. The first-order valence-corrected chi connectivity index (χ1v) is 16.4. The SMILES string of the molecule is COC(=O)C1CC2CC(c3ccc(CCCO)cc3)=C(C(=O)N(Cc3cccc(OC)c3C)C3CC3)C(C1)N2C(=O)OC(C)(C)C. The van der Waals surface area contributed by atoms with Gasteiger partial charge in [-0.2, -0.15) is 0 Å². The molecule has 9 nitrogen and oxygen atoms in total. The van der Waals surface area contributed by atoms with Crippen molar-refractivity contribution in [2.75, 3.05) is 20.8 Å². The number of carbonyl (C=O) groups is 3. The fourth-order valence-electron chi connectivity index (χ4n) is 6.96. The summed E-state index contributed by atoms with van der Waals surface area (Å²) >= 11 is 0. The zero-order valence-electron chi connectivity index (χ0n) is 28.0. The van der Waals surface area contributed by atoms with Crippen LogP contribution in [0.25, 0.3) is 5.57 Å². The molecule has 1 saturated heterocycles. The Morgan fingerprint density at radius 2 is 1.74 bits per heavy atom. The van der Waals surface area contributed by atoms with E-state index in [9.17, 15) is 14.7 Å². The highest BCUT2D eigenvalue weighted by molar-refractivity contribution is 6.04. The van der Waals surface area contributed by atoms with Gasteiger partial charge in [0.25, 0.3) is 5.91 Å². The first-order chi connectivity index (χ1) is 21.9. The Balaban J connectivity index is 1.63. The van der Waals surface area contributed by atoms with Gasteiger partial charge in [-0.1, -0.05) is 36.4 Å². The van der Waals surface area contributed by atoms with Crippen molar-refractivity contribution in [2.24, 2.45) is 5.92 Å². The van der Waals surface area contributed by atoms with Crippen LogP contribution in [0.3, 0.4) is 0 Å². The molecule has 2 aromatic carbocycles. The van der Waals surface area contributed by atoms with Gasteiger partial charge in [0.05, 0.1) is 26.2 Å². The van der Waals surface area contributed by atoms with Gasteiger partial charge in [0, 0.05) is 30.8 Å². The van der Waals surface area contributed by atoms with Gasteiger partial charge in [0.2, 0.25) is 0 Å². The number of amides is 2. The number of piperidine rings is 1. The lowest BCUT2D eigenvalue weighted by molar-refractivity contribution is -0.149. The number of benzene rings is 2. The number of ether oxygens (including phenoxy) is 3. The summed E-state index contributed by atoms with van der Waals surface area (Å²) in [6, 6.07) is 13.2. The minimum absolute atomic E-state index is 0.0837. The number of carbonyl (C=O) groups excluding carboxylic acids is 3. The molecule has 1 saturated carbocycles. The van der Waals surface area contributed by atoms with Gasteiger partial charge in [0.1, 0.15) is 11.4 Å². The van der Waals surface area contributed by atoms with E-state index in [0.29, 0.717) is 31.4 Å². The molecule has 9 heteroatoms. The number of aliphatic hydroxyl groups excluding tert-OH is 1. The predicted octanol–water partition coefficient (Wildman–Crippen LogP) is 5.83. The molecule has 2 heterocycles. The Kier molecular flexibility index (Phi) is 10.1. The molecule has 1 aliphatic carbocycles. The molecule has 248 valence electrons. The molecule has 2 bridgehead atoms.